The number of primary amides is 1. The van der Waals surface area contributed by atoms with Crippen molar-refractivity contribution in [3.8, 4) is 5.75 Å². The fourth-order valence-corrected chi connectivity index (χ4v) is 5.85. The maximum atomic E-state index is 13.8. The summed E-state index contributed by atoms with van der Waals surface area (Å²) in [6.07, 6.45) is 3.09. The topological polar surface area (TPSA) is 65.2 Å². The van der Waals surface area contributed by atoms with Crippen molar-refractivity contribution < 1.29 is 13.9 Å². The number of halogens is 1. The van der Waals surface area contributed by atoms with E-state index in [-0.39, 0.29) is 17.8 Å². The van der Waals surface area contributed by atoms with Crippen molar-refractivity contribution in [2.24, 2.45) is 23.5 Å². The number of nitrogens with zero attached hydrogens (tertiary/aromatic N) is 1. The number of nitrogens with two attached hydrogens (primary N) is 1. The van der Waals surface area contributed by atoms with Crippen LogP contribution in [0.2, 0.25) is 0 Å². The minimum Gasteiger partial charge on any atom is -0.490 e. The summed E-state index contributed by atoms with van der Waals surface area (Å²) in [6, 6.07) is 14.3. The first-order valence-corrected chi connectivity index (χ1v) is 11.1. The summed E-state index contributed by atoms with van der Waals surface area (Å²) in [5, 5.41) is 0.726. The number of rotatable bonds is 6. The van der Waals surface area contributed by atoms with E-state index in [0.29, 0.717) is 29.2 Å². The Morgan fingerprint density at radius 1 is 1.19 bits per heavy atom. The van der Waals surface area contributed by atoms with Crippen LogP contribution in [0.4, 0.5) is 4.39 Å². The molecule has 0 saturated heterocycles. The van der Waals surface area contributed by atoms with Crippen LogP contribution in [-0.2, 0) is 0 Å². The summed E-state index contributed by atoms with van der Waals surface area (Å²) in [4.78, 5) is 16.4. The van der Waals surface area contributed by atoms with E-state index in [2.05, 4.69) is 18.0 Å². The van der Waals surface area contributed by atoms with Gasteiger partial charge < -0.3 is 10.5 Å². The molecule has 0 aliphatic heterocycles. The highest BCUT2D eigenvalue weighted by molar-refractivity contribution is 5.94. The van der Waals surface area contributed by atoms with Crippen molar-refractivity contribution in [3.05, 3.63) is 71.2 Å². The molecule has 31 heavy (non-hydrogen) atoms. The van der Waals surface area contributed by atoms with E-state index in [1.54, 1.807) is 6.07 Å². The van der Waals surface area contributed by atoms with E-state index >= 15 is 0 Å². The number of aromatic nitrogens is 1. The van der Waals surface area contributed by atoms with Gasteiger partial charge >= 0.3 is 0 Å². The highest BCUT2D eigenvalue weighted by Gasteiger charge is 2.59. The molecule has 5 heteroatoms. The number of ether oxygens (including phenoxy) is 1. The van der Waals surface area contributed by atoms with Crippen LogP contribution >= 0.6 is 0 Å². The maximum Gasteiger partial charge on any atom is 0.248 e. The first kappa shape index (κ1) is 20.0. The zero-order valence-electron chi connectivity index (χ0n) is 17.8. The van der Waals surface area contributed by atoms with E-state index < -0.39 is 0 Å². The Morgan fingerprint density at radius 2 is 1.94 bits per heavy atom. The Kier molecular flexibility index (Phi) is 4.92. The van der Waals surface area contributed by atoms with Gasteiger partial charge in [0.25, 0.3) is 0 Å². The van der Waals surface area contributed by atoms with Crippen molar-refractivity contribution in [1.82, 2.24) is 4.98 Å². The second kappa shape index (κ2) is 7.63. The molecule has 1 amide bonds. The van der Waals surface area contributed by atoms with Crippen LogP contribution < -0.4 is 10.5 Å². The highest BCUT2D eigenvalue weighted by Crippen LogP contribution is 2.64. The van der Waals surface area contributed by atoms with Crippen LogP contribution in [0.5, 0.6) is 5.75 Å². The second-order valence-corrected chi connectivity index (χ2v) is 9.01. The maximum absolute atomic E-state index is 13.8. The van der Waals surface area contributed by atoms with Gasteiger partial charge in [-0.15, -0.1) is 0 Å². The summed E-state index contributed by atoms with van der Waals surface area (Å²) in [7, 11) is 0. The zero-order valence-corrected chi connectivity index (χ0v) is 17.8. The largest absolute Gasteiger partial charge is 0.490 e. The molecule has 2 fully saturated rings. The smallest absolute Gasteiger partial charge is 0.248 e. The first-order chi connectivity index (χ1) is 15.0. The van der Waals surface area contributed by atoms with E-state index in [0.717, 1.165) is 47.2 Å². The Labute approximate surface area is 181 Å². The molecule has 4 nitrogen and oxygen atoms in total. The normalized spacial score (nSPS) is 23.5. The van der Waals surface area contributed by atoms with Gasteiger partial charge in [0.15, 0.2) is 0 Å². The van der Waals surface area contributed by atoms with Gasteiger partial charge in [0, 0.05) is 22.7 Å². The Hall–Kier alpha value is -2.95. The second-order valence-electron chi connectivity index (χ2n) is 9.01. The number of fused-ring (bicyclic) bond motifs is 2. The van der Waals surface area contributed by atoms with Crippen LogP contribution in [0.1, 0.15) is 53.7 Å². The molecule has 5 rings (SSSR count). The third kappa shape index (κ3) is 3.56. The minimum absolute atomic E-state index is 0.128. The van der Waals surface area contributed by atoms with Gasteiger partial charge in [-0.1, -0.05) is 25.1 Å². The molecule has 0 radical (unpaired) electrons. The number of pyridine rings is 1. The predicted octanol–water partition coefficient (Wildman–Crippen LogP) is 5.38. The average molecular weight is 419 g/mol. The summed E-state index contributed by atoms with van der Waals surface area (Å²) in [6.45, 7) is 4.12. The lowest BCUT2D eigenvalue weighted by atomic mass is 9.84. The van der Waals surface area contributed by atoms with Gasteiger partial charge in [0.1, 0.15) is 11.6 Å². The molecule has 2 aliphatic carbocycles. The number of carbonyl (C=O) groups excluding carboxylic acids is 1. The summed E-state index contributed by atoms with van der Waals surface area (Å²) >= 11 is 0. The van der Waals surface area contributed by atoms with E-state index in [4.69, 9.17) is 10.5 Å². The lowest BCUT2D eigenvalue weighted by Crippen LogP contribution is -2.20. The van der Waals surface area contributed by atoms with Gasteiger partial charge in [-0.3, -0.25) is 9.78 Å². The summed E-state index contributed by atoms with van der Waals surface area (Å²) in [5.41, 5.74) is 8.98. The predicted molar refractivity (Wildman–Crippen MR) is 119 cm³/mol. The van der Waals surface area contributed by atoms with Gasteiger partial charge in [0.05, 0.1) is 11.6 Å². The van der Waals surface area contributed by atoms with Crippen LogP contribution in [0, 0.1) is 30.5 Å². The molecule has 3 aromatic rings. The van der Waals surface area contributed by atoms with Crippen LogP contribution in [0.15, 0.2) is 48.5 Å². The molecule has 3 atom stereocenters. The molecular weight excluding hydrogens is 391 g/mol. The van der Waals surface area contributed by atoms with E-state index in [9.17, 15) is 9.18 Å². The number of hydrogen-bond acceptors (Lipinski definition) is 3. The SMILES string of the molecule is CC[C@H](c1ccccc1C(N)=O)C1[C@H]2CC(Oc3cc(C)nc4ccc(F)cc34)C[C@H]12. The number of aryl methyl sites for hydroxylation is 1. The van der Waals surface area contributed by atoms with Crippen molar-refractivity contribution in [2.45, 2.75) is 45.1 Å². The fourth-order valence-electron chi connectivity index (χ4n) is 5.85. The van der Waals surface area contributed by atoms with Crippen molar-refractivity contribution in [1.29, 1.82) is 0 Å². The van der Waals surface area contributed by atoms with Gasteiger partial charge in [-0.05, 0) is 79.7 Å². The van der Waals surface area contributed by atoms with Crippen LogP contribution in [-0.4, -0.2) is 17.0 Å². The molecule has 2 aromatic carbocycles. The lowest BCUT2D eigenvalue weighted by Gasteiger charge is -2.23. The third-order valence-electron chi connectivity index (χ3n) is 7.15. The quantitative estimate of drug-likeness (QED) is 0.585. The highest BCUT2D eigenvalue weighted by atomic mass is 19.1. The summed E-state index contributed by atoms with van der Waals surface area (Å²) < 4.78 is 20.2. The van der Waals surface area contributed by atoms with Gasteiger partial charge in [0.2, 0.25) is 5.91 Å². The van der Waals surface area contributed by atoms with Crippen LogP contribution in [0.3, 0.4) is 0 Å². The third-order valence-corrected chi connectivity index (χ3v) is 7.15. The molecule has 2 aliphatic rings. The van der Waals surface area contributed by atoms with Crippen molar-refractivity contribution in [3.63, 3.8) is 0 Å². The monoisotopic (exact) mass is 418 g/mol. The molecule has 160 valence electrons. The minimum atomic E-state index is -0.353. The fraction of sp³-hybridized carbons (Fsp3) is 0.385. The molecular formula is C26H27FN2O2. The Morgan fingerprint density at radius 3 is 2.65 bits per heavy atom. The van der Waals surface area contributed by atoms with Crippen molar-refractivity contribution >= 4 is 16.8 Å². The molecule has 1 heterocycles. The molecule has 2 N–H and O–H groups in total. The summed E-state index contributed by atoms with van der Waals surface area (Å²) in [5.74, 6) is 2.19. The number of carbonyl (C=O) groups is 1. The Balaban J connectivity index is 1.32. The average Bonchev–Trinajstić information content (AvgIpc) is 3.22. The standard InChI is InChI=1S/C26H27FN2O2/c1-3-17(18-6-4-5-7-19(18)26(28)30)25-20-12-16(13-21(20)25)31-24-10-14(2)29-23-9-8-15(27)11-22(23)24/h4-11,16-17,20-21,25H,3,12-13H2,1-2H3,(H2,28,30)/t16?,17-,20+,21+,25?/m1/s1. The molecule has 2 saturated carbocycles. The van der Waals surface area contributed by atoms with Crippen molar-refractivity contribution in [2.75, 3.05) is 0 Å². The lowest BCUT2D eigenvalue weighted by molar-refractivity contribution is 0.0998. The molecule has 0 spiro atoms. The van der Waals surface area contributed by atoms with E-state index in [1.165, 1.54) is 12.1 Å². The molecule has 1 aromatic heterocycles. The number of hydrogen-bond donors (Lipinski definition) is 1. The van der Waals surface area contributed by atoms with E-state index in [1.807, 2.05) is 31.2 Å². The molecule has 0 unspecified atom stereocenters. The molecule has 0 bridgehead atoms. The van der Waals surface area contributed by atoms with Gasteiger partial charge in [-0.25, -0.2) is 4.39 Å². The van der Waals surface area contributed by atoms with Gasteiger partial charge in [-0.2, -0.15) is 0 Å². The number of amides is 1. The Bertz CT molecular complexity index is 1150. The zero-order chi connectivity index (χ0) is 21.7. The first-order valence-electron chi connectivity index (χ1n) is 11.1. The number of benzene rings is 2. The van der Waals surface area contributed by atoms with Crippen LogP contribution in [0.25, 0.3) is 10.9 Å².